The highest BCUT2D eigenvalue weighted by atomic mass is 35.5. The molecule has 84 valence electrons. The first-order valence-corrected chi connectivity index (χ1v) is 5.96. The predicted molar refractivity (Wildman–Crippen MR) is 63.5 cm³/mol. The van der Waals surface area contributed by atoms with E-state index in [1.807, 2.05) is 18.2 Å². The lowest BCUT2D eigenvalue weighted by Gasteiger charge is -2.11. The molecule has 3 nitrogen and oxygen atoms in total. The first-order valence-electron chi connectivity index (χ1n) is 5.58. The normalized spacial score (nSPS) is 23.1. The van der Waals surface area contributed by atoms with Gasteiger partial charge in [0.25, 0.3) is 0 Å². The Kier molecular flexibility index (Phi) is 2.37. The quantitative estimate of drug-likeness (QED) is 0.846. The number of fused-ring (bicyclic) bond motifs is 1. The van der Waals surface area contributed by atoms with Crippen molar-refractivity contribution in [3.63, 3.8) is 0 Å². The summed E-state index contributed by atoms with van der Waals surface area (Å²) in [7, 11) is 0. The number of anilines is 1. The third-order valence-corrected chi connectivity index (χ3v) is 3.50. The molecule has 2 aliphatic rings. The fraction of sp³-hybridized carbons (Fsp3) is 0.417. The Labute approximate surface area is 99.2 Å². The molecule has 1 aliphatic heterocycles. The Morgan fingerprint density at radius 2 is 2.25 bits per heavy atom. The average Bonchev–Trinajstić information content (AvgIpc) is 3.00. The molecule has 2 N–H and O–H groups in total. The van der Waals surface area contributed by atoms with Crippen LogP contribution in [-0.2, 0) is 4.79 Å². The van der Waals surface area contributed by atoms with Crippen molar-refractivity contribution in [2.24, 2.45) is 5.92 Å². The SMILES string of the molecule is O=C1Nc2cccc(Cl)c2C1NCC1CC1. The van der Waals surface area contributed by atoms with Gasteiger partial charge in [-0.2, -0.15) is 0 Å². The minimum absolute atomic E-state index is 0.00347. The van der Waals surface area contributed by atoms with Crippen molar-refractivity contribution in [3.8, 4) is 0 Å². The summed E-state index contributed by atoms with van der Waals surface area (Å²) in [5, 5.41) is 6.80. The van der Waals surface area contributed by atoms with Crippen LogP contribution in [-0.4, -0.2) is 12.5 Å². The smallest absolute Gasteiger partial charge is 0.246 e. The number of nitrogens with one attached hydrogen (secondary N) is 2. The lowest BCUT2D eigenvalue weighted by Crippen LogP contribution is -2.29. The van der Waals surface area contributed by atoms with E-state index in [1.54, 1.807) is 0 Å². The van der Waals surface area contributed by atoms with E-state index in [1.165, 1.54) is 12.8 Å². The summed E-state index contributed by atoms with van der Waals surface area (Å²) in [5.74, 6) is 0.753. The van der Waals surface area contributed by atoms with Gasteiger partial charge in [0.1, 0.15) is 6.04 Å². The van der Waals surface area contributed by atoms with E-state index in [9.17, 15) is 4.79 Å². The summed E-state index contributed by atoms with van der Waals surface area (Å²) < 4.78 is 0. The van der Waals surface area contributed by atoms with Gasteiger partial charge in [-0.25, -0.2) is 0 Å². The fourth-order valence-corrected chi connectivity index (χ4v) is 2.36. The van der Waals surface area contributed by atoms with Crippen LogP contribution in [0.25, 0.3) is 0 Å². The Bertz CT molecular complexity index is 443. The predicted octanol–water partition coefficient (Wildman–Crippen LogP) is 2.33. The van der Waals surface area contributed by atoms with Gasteiger partial charge in [-0.15, -0.1) is 0 Å². The number of carbonyl (C=O) groups is 1. The summed E-state index contributed by atoms with van der Waals surface area (Å²) in [6.45, 7) is 0.906. The standard InChI is InChI=1S/C12H13ClN2O/c13-8-2-1-3-9-10(8)11(12(16)15-9)14-6-7-4-5-7/h1-3,7,11,14H,4-6H2,(H,15,16). The molecule has 0 saturated heterocycles. The van der Waals surface area contributed by atoms with Crippen LogP contribution in [0.15, 0.2) is 18.2 Å². The van der Waals surface area contributed by atoms with E-state index in [0.29, 0.717) is 5.02 Å². The molecule has 1 fully saturated rings. The molecule has 0 aromatic heterocycles. The molecule has 1 aliphatic carbocycles. The molecule has 1 amide bonds. The molecule has 1 atom stereocenters. The van der Waals surface area contributed by atoms with Gasteiger partial charge in [0, 0.05) is 16.3 Å². The van der Waals surface area contributed by atoms with Crippen LogP contribution < -0.4 is 10.6 Å². The second-order valence-corrected chi connectivity index (χ2v) is 4.88. The van der Waals surface area contributed by atoms with Gasteiger partial charge < -0.3 is 10.6 Å². The Morgan fingerprint density at radius 3 is 3.00 bits per heavy atom. The molecular weight excluding hydrogens is 224 g/mol. The number of hydrogen-bond donors (Lipinski definition) is 2. The van der Waals surface area contributed by atoms with E-state index in [0.717, 1.165) is 23.7 Å². The number of carbonyl (C=O) groups excluding carboxylic acids is 1. The minimum atomic E-state index is -0.274. The van der Waals surface area contributed by atoms with Crippen molar-refractivity contribution in [2.75, 3.05) is 11.9 Å². The van der Waals surface area contributed by atoms with Crippen LogP contribution in [0, 0.1) is 5.92 Å². The third-order valence-electron chi connectivity index (χ3n) is 3.17. The van der Waals surface area contributed by atoms with Crippen LogP contribution in [0.2, 0.25) is 5.02 Å². The molecule has 1 saturated carbocycles. The van der Waals surface area contributed by atoms with Gasteiger partial charge in [0.15, 0.2) is 0 Å². The molecule has 0 spiro atoms. The van der Waals surface area contributed by atoms with E-state index < -0.39 is 0 Å². The maximum Gasteiger partial charge on any atom is 0.246 e. The van der Waals surface area contributed by atoms with Crippen LogP contribution >= 0.6 is 11.6 Å². The molecule has 16 heavy (non-hydrogen) atoms. The Morgan fingerprint density at radius 1 is 1.44 bits per heavy atom. The lowest BCUT2D eigenvalue weighted by atomic mass is 10.1. The van der Waals surface area contributed by atoms with Crippen molar-refractivity contribution in [1.29, 1.82) is 0 Å². The first-order chi connectivity index (χ1) is 7.75. The maximum atomic E-state index is 11.8. The second kappa shape index (κ2) is 3.75. The van der Waals surface area contributed by atoms with E-state index >= 15 is 0 Å². The molecule has 1 unspecified atom stereocenters. The summed E-state index contributed by atoms with van der Waals surface area (Å²) in [4.78, 5) is 11.8. The van der Waals surface area contributed by atoms with Gasteiger partial charge in [-0.05, 0) is 37.4 Å². The molecule has 1 aromatic carbocycles. The highest BCUT2D eigenvalue weighted by Crippen LogP contribution is 2.37. The van der Waals surface area contributed by atoms with Gasteiger partial charge >= 0.3 is 0 Å². The van der Waals surface area contributed by atoms with Crippen LogP contribution in [0.4, 0.5) is 5.69 Å². The number of halogens is 1. The van der Waals surface area contributed by atoms with Crippen molar-refractivity contribution in [2.45, 2.75) is 18.9 Å². The fourth-order valence-electron chi connectivity index (χ4n) is 2.08. The number of benzene rings is 1. The van der Waals surface area contributed by atoms with E-state index in [2.05, 4.69) is 10.6 Å². The van der Waals surface area contributed by atoms with E-state index in [-0.39, 0.29) is 11.9 Å². The lowest BCUT2D eigenvalue weighted by molar-refractivity contribution is -0.117. The number of rotatable bonds is 3. The van der Waals surface area contributed by atoms with E-state index in [4.69, 9.17) is 11.6 Å². The zero-order valence-corrected chi connectivity index (χ0v) is 9.55. The highest BCUT2D eigenvalue weighted by Gasteiger charge is 2.33. The first kappa shape index (κ1) is 10.1. The monoisotopic (exact) mass is 236 g/mol. The molecule has 4 heteroatoms. The van der Waals surface area contributed by atoms with Gasteiger partial charge in [0.2, 0.25) is 5.91 Å². The minimum Gasteiger partial charge on any atom is -0.324 e. The topological polar surface area (TPSA) is 41.1 Å². The molecule has 1 aromatic rings. The van der Waals surface area contributed by atoms with Crippen molar-refractivity contribution in [3.05, 3.63) is 28.8 Å². The maximum absolute atomic E-state index is 11.8. The van der Waals surface area contributed by atoms with Gasteiger partial charge in [0.05, 0.1) is 0 Å². The Balaban J connectivity index is 1.85. The summed E-state index contributed by atoms with van der Waals surface area (Å²) in [6, 6.07) is 5.29. The van der Waals surface area contributed by atoms with Crippen LogP contribution in [0.3, 0.4) is 0 Å². The van der Waals surface area contributed by atoms with Crippen LogP contribution in [0.1, 0.15) is 24.4 Å². The molecule has 1 heterocycles. The molecule has 0 bridgehead atoms. The largest absolute Gasteiger partial charge is 0.324 e. The molecule has 3 rings (SSSR count). The average molecular weight is 237 g/mol. The zero-order chi connectivity index (χ0) is 11.1. The van der Waals surface area contributed by atoms with Crippen LogP contribution in [0.5, 0.6) is 0 Å². The number of amides is 1. The van der Waals surface area contributed by atoms with Crippen molar-refractivity contribution >= 4 is 23.2 Å². The second-order valence-electron chi connectivity index (χ2n) is 4.47. The molecular formula is C12H13ClN2O. The zero-order valence-electron chi connectivity index (χ0n) is 8.79. The Hall–Kier alpha value is -1.06. The van der Waals surface area contributed by atoms with Gasteiger partial charge in [-0.1, -0.05) is 17.7 Å². The summed E-state index contributed by atoms with van der Waals surface area (Å²) in [5.41, 5.74) is 1.74. The van der Waals surface area contributed by atoms with Crippen molar-refractivity contribution in [1.82, 2.24) is 5.32 Å². The summed E-state index contributed by atoms with van der Waals surface area (Å²) >= 11 is 6.13. The highest BCUT2D eigenvalue weighted by molar-refractivity contribution is 6.32. The third kappa shape index (κ3) is 1.70. The molecule has 0 radical (unpaired) electrons. The van der Waals surface area contributed by atoms with Crippen molar-refractivity contribution < 1.29 is 4.79 Å². The van der Waals surface area contributed by atoms with Gasteiger partial charge in [-0.3, -0.25) is 4.79 Å². The summed E-state index contributed by atoms with van der Waals surface area (Å²) in [6.07, 6.45) is 2.55. The number of hydrogen-bond acceptors (Lipinski definition) is 2.